The van der Waals surface area contributed by atoms with Gasteiger partial charge in [0.1, 0.15) is 11.5 Å². The molecule has 1 aromatic carbocycles. The van der Waals surface area contributed by atoms with Crippen LogP contribution < -0.4 is 0 Å². The first kappa shape index (κ1) is 10.4. The molecular weight excluding hydrogens is 184 g/mol. The van der Waals surface area contributed by atoms with E-state index in [1.54, 1.807) is 13.0 Å². The average Bonchev–Trinajstić information content (AvgIpc) is 2.09. The van der Waals surface area contributed by atoms with Crippen LogP contribution in [0.2, 0.25) is 0 Å². The van der Waals surface area contributed by atoms with Gasteiger partial charge in [-0.15, -0.1) is 0 Å². The number of phenolic OH excluding ortho intramolecular Hbond substituents is 2. The van der Waals surface area contributed by atoms with E-state index in [4.69, 9.17) is 5.11 Å². The van der Waals surface area contributed by atoms with Crippen LogP contribution in [-0.2, 0) is 11.2 Å². The molecule has 0 aliphatic carbocycles. The number of aliphatic carboxylic acids is 1. The highest BCUT2D eigenvalue weighted by Gasteiger charge is 2.07. The van der Waals surface area contributed by atoms with Gasteiger partial charge in [0.15, 0.2) is 0 Å². The summed E-state index contributed by atoms with van der Waals surface area (Å²) in [6.45, 7) is 1.69. The Hall–Kier alpha value is -1.71. The Labute approximate surface area is 81.4 Å². The van der Waals surface area contributed by atoms with Gasteiger partial charge in [-0.1, -0.05) is 0 Å². The van der Waals surface area contributed by atoms with Gasteiger partial charge in [0, 0.05) is 12.5 Å². The predicted octanol–water partition coefficient (Wildman–Crippen LogP) is 1.42. The van der Waals surface area contributed by atoms with Crippen molar-refractivity contribution in [1.82, 2.24) is 0 Å². The highest BCUT2D eigenvalue weighted by atomic mass is 16.4. The van der Waals surface area contributed by atoms with Crippen LogP contribution in [0.5, 0.6) is 11.5 Å². The molecule has 0 saturated carbocycles. The van der Waals surface area contributed by atoms with E-state index in [0.29, 0.717) is 11.1 Å². The van der Waals surface area contributed by atoms with E-state index in [-0.39, 0.29) is 24.3 Å². The molecule has 14 heavy (non-hydrogen) atoms. The molecule has 1 rings (SSSR count). The number of carbonyl (C=O) groups is 1. The minimum Gasteiger partial charge on any atom is -0.508 e. The van der Waals surface area contributed by atoms with E-state index in [9.17, 15) is 15.0 Å². The number of hydrogen-bond donors (Lipinski definition) is 3. The lowest BCUT2D eigenvalue weighted by Crippen LogP contribution is -1.98. The van der Waals surface area contributed by atoms with E-state index in [1.165, 1.54) is 6.07 Å². The molecule has 0 aliphatic heterocycles. The highest BCUT2D eigenvalue weighted by molar-refractivity contribution is 5.67. The summed E-state index contributed by atoms with van der Waals surface area (Å²) in [6.07, 6.45) is 0.236. The first-order chi connectivity index (χ1) is 6.50. The van der Waals surface area contributed by atoms with E-state index in [1.807, 2.05) is 0 Å². The van der Waals surface area contributed by atoms with Crippen molar-refractivity contribution in [2.24, 2.45) is 0 Å². The Morgan fingerprint density at radius 2 is 1.93 bits per heavy atom. The van der Waals surface area contributed by atoms with Gasteiger partial charge in [0.2, 0.25) is 0 Å². The molecule has 0 saturated heterocycles. The molecular formula is C10H12O4. The summed E-state index contributed by atoms with van der Waals surface area (Å²) in [5.74, 6) is -0.953. The zero-order valence-corrected chi connectivity index (χ0v) is 7.82. The monoisotopic (exact) mass is 196 g/mol. The molecule has 0 aromatic heterocycles. The fourth-order valence-electron chi connectivity index (χ4n) is 1.19. The first-order valence-electron chi connectivity index (χ1n) is 4.24. The normalized spacial score (nSPS) is 10.1. The molecule has 3 N–H and O–H groups in total. The lowest BCUT2D eigenvalue weighted by atomic mass is 10.1. The topological polar surface area (TPSA) is 77.8 Å². The van der Waals surface area contributed by atoms with Crippen LogP contribution in [-0.4, -0.2) is 21.3 Å². The summed E-state index contributed by atoms with van der Waals surface area (Å²) >= 11 is 0. The third-order valence-electron chi connectivity index (χ3n) is 2.01. The average molecular weight is 196 g/mol. The summed E-state index contributed by atoms with van der Waals surface area (Å²) in [5, 5.41) is 27.1. The van der Waals surface area contributed by atoms with Crippen LogP contribution in [0.3, 0.4) is 0 Å². The van der Waals surface area contributed by atoms with Gasteiger partial charge < -0.3 is 15.3 Å². The number of phenols is 2. The fraction of sp³-hybridized carbons (Fsp3) is 0.300. The van der Waals surface area contributed by atoms with Gasteiger partial charge in [-0.2, -0.15) is 0 Å². The fourth-order valence-corrected chi connectivity index (χ4v) is 1.19. The second kappa shape index (κ2) is 4.00. The molecule has 0 aliphatic rings. The summed E-state index contributed by atoms with van der Waals surface area (Å²) in [7, 11) is 0. The third-order valence-corrected chi connectivity index (χ3v) is 2.01. The summed E-state index contributed by atoms with van der Waals surface area (Å²) in [4.78, 5) is 10.3. The number of aryl methyl sites for hydroxylation is 2. The van der Waals surface area contributed by atoms with Gasteiger partial charge in [-0.05, 0) is 30.5 Å². The Balaban J connectivity index is 2.87. The largest absolute Gasteiger partial charge is 0.508 e. The second-order valence-corrected chi connectivity index (χ2v) is 3.16. The molecule has 0 spiro atoms. The van der Waals surface area contributed by atoms with Crippen LogP contribution in [0.4, 0.5) is 0 Å². The van der Waals surface area contributed by atoms with Crippen molar-refractivity contribution >= 4 is 5.97 Å². The zero-order valence-electron chi connectivity index (χ0n) is 7.82. The molecule has 0 unspecified atom stereocenters. The maximum Gasteiger partial charge on any atom is 0.303 e. The van der Waals surface area contributed by atoms with E-state index < -0.39 is 5.97 Å². The lowest BCUT2D eigenvalue weighted by Gasteiger charge is -2.06. The van der Waals surface area contributed by atoms with Gasteiger partial charge in [0.25, 0.3) is 0 Å². The number of benzene rings is 1. The molecule has 0 bridgehead atoms. The molecule has 4 nitrogen and oxygen atoms in total. The maximum absolute atomic E-state index is 10.3. The van der Waals surface area contributed by atoms with Crippen LogP contribution in [0, 0.1) is 6.92 Å². The Morgan fingerprint density at radius 1 is 1.29 bits per heavy atom. The number of carboxylic acids is 1. The smallest absolute Gasteiger partial charge is 0.303 e. The molecule has 0 atom stereocenters. The number of aromatic hydroxyl groups is 2. The lowest BCUT2D eigenvalue weighted by molar-refractivity contribution is -0.136. The maximum atomic E-state index is 10.3. The van der Waals surface area contributed by atoms with Crippen molar-refractivity contribution in [2.45, 2.75) is 19.8 Å². The quantitative estimate of drug-likeness (QED) is 0.683. The summed E-state index contributed by atoms with van der Waals surface area (Å²) in [5.41, 5.74) is 1.17. The zero-order chi connectivity index (χ0) is 10.7. The predicted molar refractivity (Wildman–Crippen MR) is 50.5 cm³/mol. The minimum absolute atomic E-state index is 0.0153. The standard InChI is InChI=1S/C10H12O4/c1-6-4-7(2-3-10(13)14)9(12)5-8(6)11/h4-5,11-12H,2-3H2,1H3,(H,13,14). The van der Waals surface area contributed by atoms with Crippen LogP contribution in [0.15, 0.2) is 12.1 Å². The van der Waals surface area contributed by atoms with Crippen LogP contribution >= 0.6 is 0 Å². The summed E-state index contributed by atoms with van der Waals surface area (Å²) in [6, 6.07) is 2.82. The summed E-state index contributed by atoms with van der Waals surface area (Å²) < 4.78 is 0. The van der Waals surface area contributed by atoms with Gasteiger partial charge in [-0.25, -0.2) is 0 Å². The Morgan fingerprint density at radius 3 is 2.50 bits per heavy atom. The van der Waals surface area contributed by atoms with E-state index >= 15 is 0 Å². The molecule has 0 fully saturated rings. The van der Waals surface area contributed by atoms with E-state index in [0.717, 1.165) is 0 Å². The van der Waals surface area contributed by atoms with Crippen molar-refractivity contribution in [3.8, 4) is 11.5 Å². The van der Waals surface area contributed by atoms with Crippen molar-refractivity contribution < 1.29 is 20.1 Å². The van der Waals surface area contributed by atoms with Gasteiger partial charge >= 0.3 is 5.97 Å². The van der Waals surface area contributed by atoms with Gasteiger partial charge in [0.05, 0.1) is 0 Å². The van der Waals surface area contributed by atoms with E-state index in [2.05, 4.69) is 0 Å². The van der Waals surface area contributed by atoms with Crippen LogP contribution in [0.25, 0.3) is 0 Å². The molecule has 0 radical (unpaired) electrons. The number of rotatable bonds is 3. The third kappa shape index (κ3) is 2.39. The second-order valence-electron chi connectivity index (χ2n) is 3.16. The van der Waals surface area contributed by atoms with Gasteiger partial charge in [-0.3, -0.25) is 4.79 Å². The molecule has 76 valence electrons. The first-order valence-corrected chi connectivity index (χ1v) is 4.24. The van der Waals surface area contributed by atoms with Crippen molar-refractivity contribution in [1.29, 1.82) is 0 Å². The SMILES string of the molecule is Cc1cc(CCC(=O)O)c(O)cc1O. The number of carboxylic acid groups (broad SMARTS) is 1. The molecule has 0 amide bonds. The molecule has 0 heterocycles. The molecule has 1 aromatic rings. The highest BCUT2D eigenvalue weighted by Crippen LogP contribution is 2.27. The van der Waals surface area contributed by atoms with Crippen LogP contribution in [0.1, 0.15) is 17.5 Å². The number of hydrogen-bond acceptors (Lipinski definition) is 3. The Kier molecular flexibility index (Phi) is 2.96. The minimum atomic E-state index is -0.907. The van der Waals surface area contributed by atoms with Crippen molar-refractivity contribution in [2.75, 3.05) is 0 Å². The Bertz CT molecular complexity index is 357. The van der Waals surface area contributed by atoms with Crippen molar-refractivity contribution in [3.05, 3.63) is 23.3 Å². The van der Waals surface area contributed by atoms with Crippen molar-refractivity contribution in [3.63, 3.8) is 0 Å². The molecule has 4 heteroatoms.